The van der Waals surface area contributed by atoms with Crippen molar-refractivity contribution in [1.82, 2.24) is 20.0 Å². The van der Waals surface area contributed by atoms with E-state index in [0.29, 0.717) is 6.61 Å². The molecule has 1 atom stereocenters. The van der Waals surface area contributed by atoms with Gasteiger partial charge in [0, 0.05) is 41.7 Å². The number of nitrogens with zero attached hydrogens (tertiary/aromatic N) is 4. The van der Waals surface area contributed by atoms with E-state index in [1.54, 1.807) is 0 Å². The summed E-state index contributed by atoms with van der Waals surface area (Å²) in [5.74, 6) is 0.964. The van der Waals surface area contributed by atoms with Crippen LogP contribution in [0.2, 0.25) is 0 Å². The van der Waals surface area contributed by atoms with Gasteiger partial charge in [-0.05, 0) is 25.5 Å². The fourth-order valence-corrected chi connectivity index (χ4v) is 3.81. The van der Waals surface area contributed by atoms with E-state index in [1.807, 2.05) is 35.5 Å². The van der Waals surface area contributed by atoms with Crippen LogP contribution in [0.3, 0.4) is 0 Å². The van der Waals surface area contributed by atoms with Crippen molar-refractivity contribution < 1.29 is 4.74 Å². The Labute approximate surface area is 153 Å². The Morgan fingerprint density at radius 3 is 2.92 bits per heavy atom. The summed E-state index contributed by atoms with van der Waals surface area (Å²) in [6, 6.07) is 4.39. The van der Waals surface area contributed by atoms with E-state index >= 15 is 0 Å². The van der Waals surface area contributed by atoms with Crippen LogP contribution in [0.5, 0.6) is 0 Å². The van der Waals surface area contributed by atoms with Crippen molar-refractivity contribution in [1.29, 1.82) is 0 Å². The average Bonchev–Trinajstić information content (AvgIpc) is 3.27. The Morgan fingerprint density at radius 1 is 1.40 bits per heavy atom. The summed E-state index contributed by atoms with van der Waals surface area (Å²) in [6.45, 7) is 8.23. The lowest BCUT2D eigenvalue weighted by atomic mass is 10.1. The predicted octanol–water partition coefficient (Wildman–Crippen LogP) is 2.58. The molecule has 0 bridgehead atoms. The van der Waals surface area contributed by atoms with Crippen LogP contribution in [0, 0.1) is 0 Å². The molecule has 0 saturated carbocycles. The minimum absolute atomic E-state index is 0.0414. The van der Waals surface area contributed by atoms with E-state index in [-0.39, 0.29) is 6.10 Å². The molecule has 3 rings (SSSR count). The largest absolute Gasteiger partial charge is 0.370 e. The van der Waals surface area contributed by atoms with E-state index in [1.165, 1.54) is 9.75 Å². The molecule has 1 aliphatic heterocycles. The van der Waals surface area contributed by atoms with Gasteiger partial charge in [-0.15, -0.1) is 11.3 Å². The number of aromatic nitrogens is 2. The molecule has 0 amide bonds. The van der Waals surface area contributed by atoms with Gasteiger partial charge in [0.2, 0.25) is 0 Å². The number of aryl methyl sites for hydroxylation is 2. The Hall–Kier alpha value is -1.86. The number of ether oxygens (including phenoxy) is 1. The molecule has 3 heterocycles. The Bertz CT molecular complexity index is 708. The Balaban J connectivity index is 1.69. The molecule has 0 spiro atoms. The van der Waals surface area contributed by atoms with Crippen molar-refractivity contribution >= 4 is 17.3 Å². The van der Waals surface area contributed by atoms with Crippen LogP contribution < -0.4 is 5.32 Å². The van der Waals surface area contributed by atoms with Gasteiger partial charge in [-0.3, -0.25) is 4.68 Å². The maximum absolute atomic E-state index is 5.94. The minimum Gasteiger partial charge on any atom is -0.370 e. The van der Waals surface area contributed by atoms with Crippen LogP contribution in [0.15, 0.2) is 29.5 Å². The molecule has 0 radical (unpaired) electrons. The molecule has 2 aromatic heterocycles. The lowest BCUT2D eigenvalue weighted by molar-refractivity contribution is -0.00805. The second-order valence-electron chi connectivity index (χ2n) is 6.14. The second kappa shape index (κ2) is 8.49. The second-order valence-corrected chi connectivity index (χ2v) is 7.40. The topological polar surface area (TPSA) is 54.7 Å². The molecule has 25 heavy (non-hydrogen) atoms. The molecular weight excluding hydrogens is 334 g/mol. The van der Waals surface area contributed by atoms with E-state index in [2.05, 4.69) is 41.3 Å². The third kappa shape index (κ3) is 4.61. The summed E-state index contributed by atoms with van der Waals surface area (Å²) < 4.78 is 7.76. The van der Waals surface area contributed by atoms with Gasteiger partial charge in [0.1, 0.15) is 6.10 Å². The van der Waals surface area contributed by atoms with E-state index < -0.39 is 0 Å². The predicted molar refractivity (Wildman–Crippen MR) is 102 cm³/mol. The maximum Gasteiger partial charge on any atom is 0.194 e. The van der Waals surface area contributed by atoms with Gasteiger partial charge in [-0.25, -0.2) is 4.99 Å². The van der Waals surface area contributed by atoms with Gasteiger partial charge >= 0.3 is 0 Å². The summed E-state index contributed by atoms with van der Waals surface area (Å²) in [5.41, 5.74) is 1.12. The zero-order chi connectivity index (χ0) is 17.6. The van der Waals surface area contributed by atoms with E-state index in [9.17, 15) is 0 Å². The first-order valence-corrected chi connectivity index (χ1v) is 9.72. The molecule has 1 unspecified atom stereocenters. The van der Waals surface area contributed by atoms with Crippen molar-refractivity contribution in [2.75, 3.05) is 26.2 Å². The summed E-state index contributed by atoms with van der Waals surface area (Å²) >= 11 is 1.85. The molecular formula is C18H27N5OS. The number of morpholine rings is 1. The fraction of sp³-hybridized carbons (Fsp3) is 0.556. The zero-order valence-corrected chi connectivity index (χ0v) is 16.1. The van der Waals surface area contributed by atoms with Crippen molar-refractivity contribution in [3.8, 4) is 0 Å². The van der Waals surface area contributed by atoms with Crippen LogP contribution in [0.25, 0.3) is 0 Å². The van der Waals surface area contributed by atoms with Gasteiger partial charge < -0.3 is 15.0 Å². The highest BCUT2D eigenvalue weighted by atomic mass is 32.1. The Morgan fingerprint density at radius 2 is 2.24 bits per heavy atom. The Kier molecular flexibility index (Phi) is 6.09. The molecule has 1 saturated heterocycles. The number of hydrogen-bond donors (Lipinski definition) is 1. The third-order valence-electron chi connectivity index (χ3n) is 4.25. The van der Waals surface area contributed by atoms with E-state index in [4.69, 9.17) is 9.73 Å². The highest BCUT2D eigenvalue weighted by Crippen LogP contribution is 2.22. The molecule has 1 fully saturated rings. The average molecular weight is 362 g/mol. The highest BCUT2D eigenvalue weighted by molar-refractivity contribution is 7.11. The summed E-state index contributed by atoms with van der Waals surface area (Å²) in [5, 5.41) is 7.68. The van der Waals surface area contributed by atoms with Crippen LogP contribution in [0.1, 0.15) is 35.3 Å². The van der Waals surface area contributed by atoms with Crippen LogP contribution in [-0.2, 0) is 24.8 Å². The summed E-state index contributed by atoms with van der Waals surface area (Å²) in [7, 11) is 1.93. The first-order valence-electron chi connectivity index (χ1n) is 8.90. The molecule has 0 aliphatic carbocycles. The van der Waals surface area contributed by atoms with Crippen molar-refractivity contribution in [3.63, 3.8) is 0 Å². The SMILES string of the molecule is CCNC(=NCc1ccc(CC)s1)N1CCOC(c2cnn(C)c2)C1. The molecule has 1 aliphatic rings. The number of thiophene rings is 1. The van der Waals surface area contributed by atoms with Gasteiger partial charge in [0.25, 0.3) is 0 Å². The summed E-state index contributed by atoms with van der Waals surface area (Å²) in [6.07, 6.45) is 5.04. The first kappa shape index (κ1) is 17.9. The smallest absolute Gasteiger partial charge is 0.194 e. The summed E-state index contributed by atoms with van der Waals surface area (Å²) in [4.78, 5) is 9.87. The normalized spacial score (nSPS) is 18.6. The first-order chi connectivity index (χ1) is 12.2. The molecule has 2 aromatic rings. The van der Waals surface area contributed by atoms with Gasteiger partial charge in [0.15, 0.2) is 5.96 Å². The number of aliphatic imine (C=N–C) groups is 1. The van der Waals surface area contributed by atoms with Crippen molar-refractivity contribution in [3.05, 3.63) is 39.8 Å². The maximum atomic E-state index is 5.94. The van der Waals surface area contributed by atoms with Crippen LogP contribution in [0.4, 0.5) is 0 Å². The lowest BCUT2D eigenvalue weighted by Gasteiger charge is -2.34. The molecule has 136 valence electrons. The fourth-order valence-electron chi connectivity index (χ4n) is 2.93. The lowest BCUT2D eigenvalue weighted by Crippen LogP contribution is -2.48. The van der Waals surface area contributed by atoms with Gasteiger partial charge in [-0.1, -0.05) is 6.92 Å². The number of hydrogen-bond acceptors (Lipinski definition) is 4. The molecule has 6 nitrogen and oxygen atoms in total. The number of rotatable bonds is 5. The molecule has 7 heteroatoms. The monoisotopic (exact) mass is 361 g/mol. The van der Waals surface area contributed by atoms with Crippen LogP contribution in [-0.4, -0.2) is 46.9 Å². The molecule has 1 N–H and O–H groups in total. The highest BCUT2D eigenvalue weighted by Gasteiger charge is 2.25. The quantitative estimate of drug-likeness (QED) is 0.657. The number of nitrogens with one attached hydrogen (secondary N) is 1. The van der Waals surface area contributed by atoms with Gasteiger partial charge in [-0.2, -0.15) is 5.10 Å². The van der Waals surface area contributed by atoms with Crippen molar-refractivity contribution in [2.24, 2.45) is 12.0 Å². The van der Waals surface area contributed by atoms with Crippen molar-refractivity contribution in [2.45, 2.75) is 32.9 Å². The zero-order valence-electron chi connectivity index (χ0n) is 15.2. The number of guanidine groups is 1. The van der Waals surface area contributed by atoms with Gasteiger partial charge in [0.05, 0.1) is 25.9 Å². The third-order valence-corrected chi connectivity index (χ3v) is 5.46. The standard InChI is InChI=1S/C18H27N5OS/c1-4-15-6-7-16(25-15)11-20-18(19-5-2)23-8-9-24-17(13-23)14-10-21-22(3)12-14/h6-7,10,12,17H,4-5,8-9,11,13H2,1-3H3,(H,19,20). The van der Waals surface area contributed by atoms with Crippen LogP contribution >= 0.6 is 11.3 Å². The molecule has 0 aromatic carbocycles. The minimum atomic E-state index is 0.0414. The van der Waals surface area contributed by atoms with E-state index in [0.717, 1.165) is 44.1 Å².